The van der Waals surface area contributed by atoms with E-state index in [1.165, 1.54) is 0 Å². The molecule has 0 aliphatic carbocycles. The molecule has 0 spiro atoms. The van der Waals surface area contributed by atoms with Gasteiger partial charge in [-0.25, -0.2) is 0 Å². The van der Waals surface area contributed by atoms with Gasteiger partial charge in [-0.3, -0.25) is 25.2 Å². The third-order valence-corrected chi connectivity index (χ3v) is 9.38. The number of aromatic amines is 2. The van der Waals surface area contributed by atoms with Crippen molar-refractivity contribution in [3.8, 4) is 23.0 Å². The van der Waals surface area contributed by atoms with Crippen LogP contribution >= 0.6 is 0 Å². The number of ether oxygens (including phenoxy) is 3. The molecule has 4 heterocycles. The quantitative estimate of drug-likeness (QED) is 0.137. The van der Waals surface area contributed by atoms with E-state index in [9.17, 15) is 14.4 Å². The Morgan fingerprint density at radius 2 is 1.67 bits per heavy atom. The monoisotopic (exact) mass is 655 g/mol. The van der Waals surface area contributed by atoms with Gasteiger partial charge in [0.25, 0.3) is 17.7 Å². The maximum absolute atomic E-state index is 14.1. The number of rotatable bonds is 8. The van der Waals surface area contributed by atoms with Gasteiger partial charge in [-0.2, -0.15) is 0 Å². The zero-order valence-corrected chi connectivity index (χ0v) is 26.8. The molecule has 8 rings (SSSR count). The van der Waals surface area contributed by atoms with Gasteiger partial charge in [0.05, 0.1) is 6.04 Å². The second kappa shape index (κ2) is 12.1. The third kappa shape index (κ3) is 5.29. The summed E-state index contributed by atoms with van der Waals surface area (Å²) >= 11 is 0. The van der Waals surface area contributed by atoms with Gasteiger partial charge in [-0.05, 0) is 60.0 Å². The number of para-hydroxylation sites is 1. The second-order valence-corrected chi connectivity index (χ2v) is 12.3. The highest BCUT2D eigenvalue weighted by molar-refractivity contribution is 6.04. The van der Waals surface area contributed by atoms with E-state index in [0.29, 0.717) is 40.5 Å². The average Bonchev–Trinajstić information content (AvgIpc) is 3.92. The number of aromatic nitrogens is 2. The highest BCUT2D eigenvalue weighted by Crippen LogP contribution is 2.44. The minimum atomic E-state index is -0.873. The van der Waals surface area contributed by atoms with Crippen LogP contribution in [0.4, 0.5) is 0 Å². The number of fused-ring (bicyclic) bond motifs is 4. The Labute approximate surface area is 281 Å². The molecule has 2 aromatic heterocycles. The molecule has 2 aliphatic heterocycles. The zero-order chi connectivity index (χ0) is 33.6. The molecule has 0 saturated carbocycles. The standard InChI is InChI=1S/C38H33N5O6/c1-3-21(2)34(43-35(26-9-4-5-10-27(26)38(43)46)28-19-39-30-11-7-6-8-25(28)30)37(45)42-41-36(44)31-17-22-16-23(12-14-29(22)40-31)49-24-13-15-32-33(18-24)48-20-47-32/h4-19,21,34-35,39-40H,3,20H2,1-2H3,(H,41,44)(H,42,45). The van der Waals surface area contributed by atoms with Crippen LogP contribution in [0.3, 0.4) is 0 Å². The van der Waals surface area contributed by atoms with Crippen molar-refractivity contribution in [2.45, 2.75) is 32.4 Å². The van der Waals surface area contributed by atoms with Crippen LogP contribution in [0.25, 0.3) is 21.8 Å². The van der Waals surface area contributed by atoms with Gasteiger partial charge in [0.2, 0.25) is 6.79 Å². The van der Waals surface area contributed by atoms with Crippen molar-refractivity contribution in [2.75, 3.05) is 6.79 Å². The van der Waals surface area contributed by atoms with Gasteiger partial charge in [-0.15, -0.1) is 0 Å². The first-order valence-electron chi connectivity index (χ1n) is 16.2. The molecule has 0 bridgehead atoms. The first-order valence-corrected chi connectivity index (χ1v) is 16.2. The molecule has 3 amide bonds. The lowest BCUT2D eigenvalue weighted by Gasteiger charge is -2.36. The average molecular weight is 656 g/mol. The molecule has 0 radical (unpaired) electrons. The fourth-order valence-corrected chi connectivity index (χ4v) is 6.78. The van der Waals surface area contributed by atoms with Crippen molar-refractivity contribution in [1.82, 2.24) is 25.7 Å². The third-order valence-electron chi connectivity index (χ3n) is 9.38. The van der Waals surface area contributed by atoms with E-state index in [-0.39, 0.29) is 24.3 Å². The normalized spacial score (nSPS) is 16.1. The Kier molecular flexibility index (Phi) is 7.44. The van der Waals surface area contributed by atoms with Gasteiger partial charge >= 0.3 is 0 Å². The first kappa shape index (κ1) is 30.1. The first-order chi connectivity index (χ1) is 23.9. The molecule has 11 nitrogen and oxygen atoms in total. The largest absolute Gasteiger partial charge is 0.457 e. The summed E-state index contributed by atoms with van der Waals surface area (Å²) in [5.74, 6) is 0.970. The van der Waals surface area contributed by atoms with Crippen molar-refractivity contribution in [1.29, 1.82) is 0 Å². The van der Waals surface area contributed by atoms with Crippen molar-refractivity contribution in [2.24, 2.45) is 5.92 Å². The number of benzene rings is 4. The molecule has 49 heavy (non-hydrogen) atoms. The number of amides is 3. The summed E-state index contributed by atoms with van der Waals surface area (Å²) in [6.45, 7) is 4.09. The van der Waals surface area contributed by atoms with Crippen LogP contribution in [0, 0.1) is 5.92 Å². The summed E-state index contributed by atoms with van der Waals surface area (Å²) in [5.41, 5.74) is 9.39. The van der Waals surface area contributed by atoms with Crippen LogP contribution in [0.5, 0.6) is 23.0 Å². The Hall–Kier alpha value is -6.23. The predicted octanol–water partition coefficient (Wildman–Crippen LogP) is 6.59. The van der Waals surface area contributed by atoms with Gasteiger partial charge in [0, 0.05) is 45.2 Å². The Bertz CT molecular complexity index is 2260. The molecule has 246 valence electrons. The molecule has 3 atom stereocenters. The molecule has 4 aromatic carbocycles. The van der Waals surface area contributed by atoms with Crippen molar-refractivity contribution < 1.29 is 28.6 Å². The van der Waals surface area contributed by atoms with Crippen LogP contribution in [0.15, 0.2) is 97.2 Å². The molecule has 11 heteroatoms. The molecule has 3 unspecified atom stereocenters. The van der Waals surface area contributed by atoms with E-state index in [4.69, 9.17) is 14.2 Å². The highest BCUT2D eigenvalue weighted by Gasteiger charge is 2.46. The summed E-state index contributed by atoms with van der Waals surface area (Å²) in [4.78, 5) is 49.5. The summed E-state index contributed by atoms with van der Waals surface area (Å²) in [6, 6.07) is 26.4. The van der Waals surface area contributed by atoms with Gasteiger partial charge in [-0.1, -0.05) is 56.7 Å². The predicted molar refractivity (Wildman–Crippen MR) is 183 cm³/mol. The number of carbonyl (C=O) groups excluding carboxylic acids is 3. The Morgan fingerprint density at radius 1 is 0.898 bits per heavy atom. The smallest absolute Gasteiger partial charge is 0.286 e. The van der Waals surface area contributed by atoms with E-state index in [1.807, 2.05) is 74.6 Å². The lowest BCUT2D eigenvalue weighted by Crippen LogP contribution is -2.55. The van der Waals surface area contributed by atoms with E-state index < -0.39 is 23.9 Å². The maximum Gasteiger partial charge on any atom is 0.286 e. The number of nitrogens with one attached hydrogen (secondary N) is 4. The van der Waals surface area contributed by atoms with Crippen molar-refractivity contribution in [3.05, 3.63) is 120 Å². The van der Waals surface area contributed by atoms with E-state index in [2.05, 4.69) is 20.8 Å². The number of hydrogen-bond donors (Lipinski definition) is 4. The number of carbonyl (C=O) groups is 3. The lowest BCUT2D eigenvalue weighted by atomic mass is 9.93. The SMILES string of the molecule is CCC(C)C(C(=O)NNC(=O)c1cc2cc(Oc3ccc4c(c3)OCO4)ccc2[nH]1)N1C(=O)c2ccccc2C1c1c[nH]c2ccccc12. The molecule has 0 saturated heterocycles. The molecule has 6 aromatic rings. The number of nitrogens with zero attached hydrogens (tertiary/aromatic N) is 1. The zero-order valence-electron chi connectivity index (χ0n) is 26.8. The summed E-state index contributed by atoms with van der Waals surface area (Å²) < 4.78 is 16.8. The van der Waals surface area contributed by atoms with Crippen LogP contribution in [-0.4, -0.2) is 45.4 Å². The van der Waals surface area contributed by atoms with Gasteiger partial charge < -0.3 is 29.1 Å². The highest BCUT2D eigenvalue weighted by atomic mass is 16.7. The fourth-order valence-electron chi connectivity index (χ4n) is 6.78. The summed E-state index contributed by atoms with van der Waals surface area (Å²) in [6.07, 6.45) is 2.54. The van der Waals surface area contributed by atoms with Crippen molar-refractivity contribution >= 4 is 39.5 Å². The Balaban J connectivity index is 1.02. The van der Waals surface area contributed by atoms with Crippen molar-refractivity contribution in [3.63, 3.8) is 0 Å². The number of H-pyrrole nitrogens is 2. The number of hydrogen-bond acceptors (Lipinski definition) is 6. The molecule has 2 aliphatic rings. The Morgan fingerprint density at radius 3 is 2.55 bits per heavy atom. The summed E-state index contributed by atoms with van der Waals surface area (Å²) in [5, 5.41) is 1.72. The van der Waals surface area contributed by atoms with Gasteiger partial charge in [0.1, 0.15) is 23.2 Å². The van der Waals surface area contributed by atoms with Crippen LogP contribution in [0.2, 0.25) is 0 Å². The topological polar surface area (TPSA) is 138 Å². The minimum Gasteiger partial charge on any atom is -0.457 e. The second-order valence-electron chi connectivity index (χ2n) is 12.3. The van der Waals surface area contributed by atoms with Crippen LogP contribution in [0.1, 0.15) is 58.3 Å². The number of hydrazine groups is 1. The van der Waals surface area contributed by atoms with E-state index in [0.717, 1.165) is 27.4 Å². The van der Waals surface area contributed by atoms with Gasteiger partial charge in [0.15, 0.2) is 11.5 Å². The lowest BCUT2D eigenvalue weighted by molar-refractivity contribution is -0.128. The van der Waals surface area contributed by atoms with E-state index >= 15 is 0 Å². The van der Waals surface area contributed by atoms with Crippen LogP contribution in [-0.2, 0) is 4.79 Å². The van der Waals surface area contributed by atoms with E-state index in [1.54, 1.807) is 41.3 Å². The molecular formula is C38H33N5O6. The maximum atomic E-state index is 14.1. The summed E-state index contributed by atoms with van der Waals surface area (Å²) in [7, 11) is 0. The molecule has 0 fully saturated rings. The molecular weight excluding hydrogens is 622 g/mol. The minimum absolute atomic E-state index is 0.174. The fraction of sp³-hybridized carbons (Fsp3) is 0.184. The molecule has 4 N–H and O–H groups in total. The van der Waals surface area contributed by atoms with Crippen LogP contribution < -0.4 is 25.1 Å².